The van der Waals surface area contributed by atoms with E-state index in [1.807, 2.05) is 48.5 Å². The second kappa shape index (κ2) is 15.1. The summed E-state index contributed by atoms with van der Waals surface area (Å²) in [6, 6.07) is 57.2. The molecular formula is C52H45NO2. The van der Waals surface area contributed by atoms with Gasteiger partial charge in [0, 0.05) is 16.8 Å². The van der Waals surface area contributed by atoms with Crippen molar-refractivity contribution < 1.29 is 9.53 Å². The first-order valence-corrected chi connectivity index (χ1v) is 19.2. The monoisotopic (exact) mass is 715 g/mol. The minimum Gasteiger partial charge on any atom is -0.423 e. The summed E-state index contributed by atoms with van der Waals surface area (Å²) in [5, 5.41) is 4.92. The van der Waals surface area contributed by atoms with Crippen LogP contribution in [0.5, 0.6) is 5.75 Å². The maximum absolute atomic E-state index is 13.2. The van der Waals surface area contributed by atoms with Crippen LogP contribution < -0.4 is 9.64 Å². The molecule has 0 unspecified atom stereocenters. The Kier molecular flexibility index (Phi) is 9.78. The van der Waals surface area contributed by atoms with Crippen LogP contribution in [0.25, 0.3) is 43.8 Å². The van der Waals surface area contributed by atoms with Crippen LogP contribution in [0.1, 0.15) is 59.3 Å². The van der Waals surface area contributed by atoms with Crippen molar-refractivity contribution in [2.24, 2.45) is 0 Å². The third-order valence-corrected chi connectivity index (χ3v) is 10.8. The van der Waals surface area contributed by atoms with E-state index in [-0.39, 0.29) is 5.97 Å². The van der Waals surface area contributed by atoms with Crippen molar-refractivity contribution in [1.82, 2.24) is 0 Å². The third-order valence-electron chi connectivity index (χ3n) is 10.8. The smallest absolute Gasteiger partial charge is 0.343 e. The van der Waals surface area contributed by atoms with E-state index in [9.17, 15) is 4.79 Å². The number of carbonyl (C=O) groups excluding carboxylic acids is 1. The van der Waals surface area contributed by atoms with Crippen molar-refractivity contribution in [2.45, 2.75) is 47.0 Å². The van der Waals surface area contributed by atoms with Crippen molar-refractivity contribution >= 4 is 44.6 Å². The average Bonchev–Trinajstić information content (AvgIpc) is 3.22. The Bertz CT molecular complexity index is 2650. The molecule has 8 aromatic carbocycles. The number of nitrogens with zero attached hydrogens (tertiary/aromatic N) is 1. The van der Waals surface area contributed by atoms with Crippen LogP contribution in [0.4, 0.5) is 17.1 Å². The van der Waals surface area contributed by atoms with E-state index in [2.05, 4.69) is 155 Å². The normalized spacial score (nSPS) is 11.3. The first kappa shape index (κ1) is 35.6. The van der Waals surface area contributed by atoms with Gasteiger partial charge in [0.2, 0.25) is 0 Å². The quantitative estimate of drug-likeness (QED) is 0.110. The molecule has 0 heterocycles. The van der Waals surface area contributed by atoms with Gasteiger partial charge in [-0.1, -0.05) is 130 Å². The van der Waals surface area contributed by atoms with Crippen molar-refractivity contribution in [3.05, 3.63) is 192 Å². The van der Waals surface area contributed by atoms with Gasteiger partial charge in [-0.3, -0.25) is 0 Å². The zero-order chi connectivity index (χ0) is 38.1. The number of hydrogen-bond donors (Lipinski definition) is 0. The molecule has 0 fully saturated rings. The second-order valence-electron chi connectivity index (χ2n) is 14.7. The van der Waals surface area contributed by atoms with E-state index in [1.54, 1.807) is 0 Å². The molecule has 0 spiro atoms. The van der Waals surface area contributed by atoms with E-state index in [0.29, 0.717) is 17.2 Å². The molecule has 0 bridgehead atoms. The summed E-state index contributed by atoms with van der Waals surface area (Å²) < 4.78 is 5.81. The van der Waals surface area contributed by atoms with Crippen LogP contribution in [-0.2, 0) is 6.42 Å². The molecule has 8 aromatic rings. The molecule has 3 nitrogen and oxygen atoms in total. The summed E-state index contributed by atoms with van der Waals surface area (Å²) in [6.07, 6.45) is 0.957. The Morgan fingerprint density at radius 1 is 0.582 bits per heavy atom. The van der Waals surface area contributed by atoms with Crippen LogP contribution >= 0.6 is 0 Å². The molecule has 55 heavy (non-hydrogen) atoms. The fraction of sp³-hybridized carbons (Fsp3) is 0.135. The average molecular weight is 716 g/mol. The predicted octanol–water partition coefficient (Wildman–Crippen LogP) is 14.3. The summed E-state index contributed by atoms with van der Waals surface area (Å²) in [4.78, 5) is 15.6. The van der Waals surface area contributed by atoms with Crippen LogP contribution in [0.15, 0.2) is 164 Å². The Labute approximate surface area is 324 Å². The largest absolute Gasteiger partial charge is 0.423 e. The highest BCUT2D eigenvalue weighted by Gasteiger charge is 2.18. The van der Waals surface area contributed by atoms with Crippen molar-refractivity contribution in [3.63, 3.8) is 0 Å². The summed E-state index contributed by atoms with van der Waals surface area (Å²) in [5.41, 5.74) is 13.4. The number of ether oxygens (including phenoxy) is 1. The molecule has 8 rings (SSSR count). The molecule has 0 atom stereocenters. The van der Waals surface area contributed by atoms with Crippen LogP contribution in [-0.4, -0.2) is 5.97 Å². The van der Waals surface area contributed by atoms with E-state index in [0.717, 1.165) is 40.2 Å². The molecule has 0 aliphatic carbocycles. The maximum atomic E-state index is 13.2. The van der Waals surface area contributed by atoms with Gasteiger partial charge in [0.1, 0.15) is 5.75 Å². The van der Waals surface area contributed by atoms with Gasteiger partial charge in [0.25, 0.3) is 0 Å². The lowest BCUT2D eigenvalue weighted by Crippen LogP contribution is -2.10. The molecule has 0 amide bonds. The Morgan fingerprint density at radius 2 is 1.24 bits per heavy atom. The standard InChI is InChI=1S/C52H45NO2/c1-6-37-15-20-42(34(2)3)33-50(37)40-23-28-46(29-24-40)55-52(54)41-18-16-38(17-19-41)39-21-25-44(26-22-39)53(45-27-30-47-35(4)10-9-11-43(47)32-45)51-31-14-36(5)48-12-7-8-13-49(48)51/h7-34H,6H2,1-5H3. The highest BCUT2D eigenvalue weighted by molar-refractivity contribution is 6.02. The Hall–Kier alpha value is -6.45. The molecule has 3 heteroatoms. The molecule has 0 aliphatic heterocycles. The van der Waals surface area contributed by atoms with E-state index in [4.69, 9.17) is 4.74 Å². The number of anilines is 3. The van der Waals surface area contributed by atoms with Crippen LogP contribution in [0.3, 0.4) is 0 Å². The van der Waals surface area contributed by atoms with Gasteiger partial charge in [-0.15, -0.1) is 0 Å². The number of benzene rings is 8. The molecule has 0 aromatic heterocycles. The Balaban J connectivity index is 1.04. The van der Waals surface area contributed by atoms with Gasteiger partial charge in [-0.2, -0.15) is 0 Å². The van der Waals surface area contributed by atoms with Crippen LogP contribution in [0, 0.1) is 13.8 Å². The molecule has 270 valence electrons. The van der Waals surface area contributed by atoms with Gasteiger partial charge >= 0.3 is 5.97 Å². The van der Waals surface area contributed by atoms with Gasteiger partial charge < -0.3 is 9.64 Å². The van der Waals surface area contributed by atoms with Gasteiger partial charge in [-0.05, 0) is 141 Å². The number of aryl methyl sites for hydroxylation is 3. The predicted molar refractivity (Wildman–Crippen MR) is 231 cm³/mol. The van der Waals surface area contributed by atoms with Crippen molar-refractivity contribution in [2.75, 3.05) is 4.90 Å². The molecular weight excluding hydrogens is 671 g/mol. The van der Waals surface area contributed by atoms with Crippen molar-refractivity contribution in [1.29, 1.82) is 0 Å². The molecule has 0 N–H and O–H groups in total. The lowest BCUT2D eigenvalue weighted by atomic mass is 9.92. The first-order chi connectivity index (χ1) is 26.8. The van der Waals surface area contributed by atoms with E-state index < -0.39 is 0 Å². The molecule has 0 saturated carbocycles. The first-order valence-electron chi connectivity index (χ1n) is 19.2. The fourth-order valence-electron chi connectivity index (χ4n) is 7.63. The summed E-state index contributed by atoms with van der Waals surface area (Å²) in [5.74, 6) is 0.605. The van der Waals surface area contributed by atoms with Gasteiger partial charge in [0.15, 0.2) is 0 Å². The number of esters is 1. The summed E-state index contributed by atoms with van der Waals surface area (Å²) >= 11 is 0. The second-order valence-corrected chi connectivity index (χ2v) is 14.7. The molecule has 0 aliphatic rings. The minimum absolute atomic E-state index is 0.378. The third kappa shape index (κ3) is 7.14. The fourth-order valence-corrected chi connectivity index (χ4v) is 7.63. The minimum atomic E-state index is -0.378. The van der Waals surface area contributed by atoms with Crippen LogP contribution in [0.2, 0.25) is 0 Å². The number of rotatable bonds is 9. The highest BCUT2D eigenvalue weighted by Crippen LogP contribution is 2.41. The number of carbonyl (C=O) groups is 1. The maximum Gasteiger partial charge on any atom is 0.343 e. The number of hydrogen-bond acceptors (Lipinski definition) is 3. The lowest BCUT2D eigenvalue weighted by Gasteiger charge is -2.28. The zero-order valence-corrected chi connectivity index (χ0v) is 32.1. The SMILES string of the molecule is CCc1ccc(C(C)C)cc1-c1ccc(OC(=O)c2ccc(-c3ccc(N(c4ccc5c(C)cccc5c4)c4ccc(C)c5ccccc45)cc3)cc2)cc1. The van der Waals surface area contributed by atoms with E-state index in [1.165, 1.54) is 49.4 Å². The zero-order valence-electron chi connectivity index (χ0n) is 32.1. The van der Waals surface area contributed by atoms with Gasteiger partial charge in [-0.25, -0.2) is 4.79 Å². The summed E-state index contributed by atoms with van der Waals surface area (Å²) in [6.45, 7) is 10.9. The summed E-state index contributed by atoms with van der Waals surface area (Å²) in [7, 11) is 0. The van der Waals surface area contributed by atoms with Gasteiger partial charge in [0.05, 0.1) is 11.3 Å². The molecule has 0 radical (unpaired) electrons. The molecule has 0 saturated heterocycles. The van der Waals surface area contributed by atoms with Crippen molar-refractivity contribution in [3.8, 4) is 28.0 Å². The number of fused-ring (bicyclic) bond motifs is 2. The lowest BCUT2D eigenvalue weighted by molar-refractivity contribution is 0.0735. The topological polar surface area (TPSA) is 29.5 Å². The highest BCUT2D eigenvalue weighted by atomic mass is 16.5. The Morgan fingerprint density at radius 3 is 1.95 bits per heavy atom. The van der Waals surface area contributed by atoms with E-state index >= 15 is 0 Å².